The van der Waals surface area contributed by atoms with Gasteiger partial charge in [0.15, 0.2) is 5.13 Å². The van der Waals surface area contributed by atoms with Gasteiger partial charge in [-0.3, -0.25) is 14.6 Å². The molecule has 0 saturated carbocycles. The molecule has 1 saturated heterocycles. The summed E-state index contributed by atoms with van der Waals surface area (Å²) < 4.78 is 19.6. The van der Waals surface area contributed by atoms with Crippen molar-refractivity contribution >= 4 is 56.0 Å². The van der Waals surface area contributed by atoms with Crippen molar-refractivity contribution in [3.63, 3.8) is 0 Å². The normalized spacial score (nSPS) is 14.8. The fourth-order valence-corrected chi connectivity index (χ4v) is 5.35. The molecule has 0 aliphatic carbocycles. The Morgan fingerprint density at radius 2 is 2.00 bits per heavy atom. The van der Waals surface area contributed by atoms with Crippen LogP contribution >= 0.6 is 34.7 Å². The molecular weight excluding hydrogens is 457 g/mol. The summed E-state index contributed by atoms with van der Waals surface area (Å²) in [4.78, 5) is 22.9. The molecule has 0 spiro atoms. The summed E-state index contributed by atoms with van der Waals surface area (Å²) in [5, 5.41) is 1.35. The number of aryl methyl sites for hydroxylation is 1. The van der Waals surface area contributed by atoms with Gasteiger partial charge in [0, 0.05) is 36.1 Å². The lowest BCUT2D eigenvalue weighted by atomic mass is 10.2. The van der Waals surface area contributed by atoms with Crippen LogP contribution in [0.4, 0.5) is 9.52 Å². The first kappa shape index (κ1) is 22.5. The molecule has 0 atom stereocenters. The summed E-state index contributed by atoms with van der Waals surface area (Å²) in [6.45, 7) is 6.40. The van der Waals surface area contributed by atoms with Crippen LogP contribution in [-0.4, -0.2) is 60.9 Å². The maximum absolute atomic E-state index is 13.2. The molecule has 0 unspecified atom stereocenters. The van der Waals surface area contributed by atoms with E-state index in [-0.39, 0.29) is 17.5 Å². The Morgan fingerprint density at radius 3 is 2.74 bits per heavy atom. The molecule has 31 heavy (non-hydrogen) atoms. The van der Waals surface area contributed by atoms with E-state index in [0.29, 0.717) is 29.9 Å². The molecule has 9 heteroatoms. The number of fused-ring (bicyclic) bond motifs is 1. The molecular formula is C22H23ClFN3O2S2. The molecule has 0 bridgehead atoms. The first-order valence-corrected chi connectivity index (χ1v) is 12.2. The first-order chi connectivity index (χ1) is 15.0. The summed E-state index contributed by atoms with van der Waals surface area (Å²) in [6, 6.07) is 10.0. The Hall–Kier alpha value is -1.71. The minimum atomic E-state index is -0.286. The number of ether oxygens (including phenoxy) is 1. The fourth-order valence-electron chi connectivity index (χ4n) is 3.35. The van der Waals surface area contributed by atoms with Gasteiger partial charge in [-0.2, -0.15) is 0 Å². The van der Waals surface area contributed by atoms with Gasteiger partial charge in [0.1, 0.15) is 5.82 Å². The zero-order valence-electron chi connectivity index (χ0n) is 17.1. The van der Waals surface area contributed by atoms with Gasteiger partial charge in [0.25, 0.3) is 0 Å². The van der Waals surface area contributed by atoms with E-state index in [1.807, 2.05) is 19.1 Å². The molecule has 5 nitrogen and oxygen atoms in total. The fraction of sp³-hybridized carbons (Fsp3) is 0.364. The lowest BCUT2D eigenvalue weighted by Gasteiger charge is -2.29. The van der Waals surface area contributed by atoms with Gasteiger partial charge < -0.3 is 4.74 Å². The predicted molar refractivity (Wildman–Crippen MR) is 126 cm³/mol. The molecule has 1 aliphatic rings. The molecule has 2 heterocycles. The van der Waals surface area contributed by atoms with Crippen molar-refractivity contribution < 1.29 is 13.9 Å². The van der Waals surface area contributed by atoms with Gasteiger partial charge in [-0.25, -0.2) is 9.37 Å². The number of hydrogen-bond donors (Lipinski definition) is 0. The third kappa shape index (κ3) is 5.56. The van der Waals surface area contributed by atoms with E-state index in [2.05, 4.69) is 4.90 Å². The molecule has 1 amide bonds. The summed E-state index contributed by atoms with van der Waals surface area (Å²) in [6.07, 6.45) is 0. The van der Waals surface area contributed by atoms with Gasteiger partial charge in [-0.15, -0.1) is 11.8 Å². The number of rotatable bonds is 7. The smallest absolute Gasteiger partial charge is 0.239 e. The highest BCUT2D eigenvalue weighted by molar-refractivity contribution is 8.00. The second kappa shape index (κ2) is 10.3. The highest BCUT2D eigenvalue weighted by Gasteiger charge is 2.22. The summed E-state index contributed by atoms with van der Waals surface area (Å²) in [7, 11) is 0. The van der Waals surface area contributed by atoms with Gasteiger partial charge in [0.05, 0.1) is 29.2 Å². The summed E-state index contributed by atoms with van der Waals surface area (Å²) >= 11 is 9.16. The second-order valence-corrected chi connectivity index (χ2v) is 9.72. The predicted octanol–water partition coefficient (Wildman–Crippen LogP) is 4.85. The molecule has 1 fully saturated rings. The van der Waals surface area contributed by atoms with Gasteiger partial charge in [-0.1, -0.05) is 22.9 Å². The minimum Gasteiger partial charge on any atom is -0.379 e. The number of benzene rings is 2. The van der Waals surface area contributed by atoms with Crippen LogP contribution in [0.15, 0.2) is 41.3 Å². The third-order valence-corrected chi connectivity index (χ3v) is 7.64. The van der Waals surface area contributed by atoms with E-state index in [1.54, 1.807) is 17.0 Å². The number of hydrogen-bond acceptors (Lipinski definition) is 6. The van der Waals surface area contributed by atoms with Crippen LogP contribution in [0.3, 0.4) is 0 Å². The quantitative estimate of drug-likeness (QED) is 0.453. The Bertz CT molecular complexity index is 1050. The van der Waals surface area contributed by atoms with Crippen molar-refractivity contribution in [2.75, 3.05) is 50.0 Å². The molecule has 0 radical (unpaired) electrons. The number of thioether (sulfide) groups is 1. The number of amides is 1. The van der Waals surface area contributed by atoms with Crippen molar-refractivity contribution in [1.29, 1.82) is 0 Å². The van der Waals surface area contributed by atoms with Gasteiger partial charge in [-0.05, 0) is 48.9 Å². The SMILES string of the molecule is Cc1c(Cl)ccc2sc(N(CCN3CCOCC3)C(=O)CSc3ccc(F)cc3)nc12. The van der Waals surface area contributed by atoms with Gasteiger partial charge in [0.2, 0.25) is 5.91 Å². The van der Waals surface area contributed by atoms with Crippen molar-refractivity contribution in [3.05, 3.63) is 52.8 Å². The lowest BCUT2D eigenvalue weighted by molar-refractivity contribution is -0.116. The standard InChI is InChI=1S/C22H23ClFN3O2S2/c1-15-18(23)6-7-19-21(15)25-22(31-19)27(9-8-26-10-12-29-13-11-26)20(28)14-30-17-4-2-16(24)3-5-17/h2-7H,8-14H2,1H3. The highest BCUT2D eigenvalue weighted by Crippen LogP contribution is 2.34. The van der Waals surface area contributed by atoms with Crippen molar-refractivity contribution in [3.8, 4) is 0 Å². The number of morpholine rings is 1. The molecule has 3 aromatic rings. The zero-order valence-corrected chi connectivity index (χ0v) is 19.5. The van der Waals surface area contributed by atoms with Crippen molar-refractivity contribution in [2.45, 2.75) is 11.8 Å². The largest absolute Gasteiger partial charge is 0.379 e. The van der Waals surface area contributed by atoms with Crippen LogP contribution in [0.5, 0.6) is 0 Å². The number of nitrogens with zero attached hydrogens (tertiary/aromatic N) is 3. The molecule has 2 aromatic carbocycles. The Morgan fingerprint density at radius 1 is 1.26 bits per heavy atom. The average Bonchev–Trinajstić information content (AvgIpc) is 3.21. The highest BCUT2D eigenvalue weighted by atomic mass is 35.5. The number of carbonyl (C=O) groups is 1. The van der Waals surface area contributed by atoms with Crippen LogP contribution in [0, 0.1) is 12.7 Å². The van der Waals surface area contributed by atoms with Gasteiger partial charge >= 0.3 is 0 Å². The van der Waals surface area contributed by atoms with Crippen LogP contribution < -0.4 is 4.90 Å². The van der Waals surface area contributed by atoms with Crippen LogP contribution in [-0.2, 0) is 9.53 Å². The van der Waals surface area contributed by atoms with E-state index in [4.69, 9.17) is 21.3 Å². The second-order valence-electron chi connectivity index (χ2n) is 7.26. The number of halogens is 2. The molecule has 1 aromatic heterocycles. The molecule has 164 valence electrons. The van der Waals surface area contributed by atoms with Crippen molar-refractivity contribution in [1.82, 2.24) is 9.88 Å². The summed E-state index contributed by atoms with van der Waals surface area (Å²) in [5.41, 5.74) is 1.76. The van der Waals surface area contributed by atoms with Crippen molar-refractivity contribution in [2.24, 2.45) is 0 Å². The Balaban J connectivity index is 1.53. The van der Waals surface area contributed by atoms with E-state index in [9.17, 15) is 9.18 Å². The van der Waals surface area contributed by atoms with Crippen LogP contribution in [0.1, 0.15) is 5.56 Å². The van der Waals surface area contributed by atoms with E-state index < -0.39 is 0 Å². The maximum Gasteiger partial charge on any atom is 0.239 e. The first-order valence-electron chi connectivity index (χ1n) is 10.1. The summed E-state index contributed by atoms with van der Waals surface area (Å²) in [5.74, 6) is -0.0542. The topological polar surface area (TPSA) is 45.7 Å². The number of thiazole rings is 1. The minimum absolute atomic E-state index is 0.0228. The zero-order chi connectivity index (χ0) is 21.8. The van der Waals surface area contributed by atoms with E-state index in [0.717, 1.165) is 40.3 Å². The molecule has 0 N–H and O–H groups in total. The maximum atomic E-state index is 13.2. The van der Waals surface area contributed by atoms with Crippen LogP contribution in [0.25, 0.3) is 10.2 Å². The number of anilines is 1. The van der Waals surface area contributed by atoms with E-state index in [1.165, 1.54) is 35.2 Å². The Kier molecular flexibility index (Phi) is 7.45. The third-order valence-electron chi connectivity index (χ3n) is 5.19. The van der Waals surface area contributed by atoms with Crippen LogP contribution in [0.2, 0.25) is 5.02 Å². The number of carbonyl (C=O) groups excluding carboxylic acids is 1. The Labute approximate surface area is 194 Å². The average molecular weight is 480 g/mol. The molecule has 4 rings (SSSR count). The monoisotopic (exact) mass is 479 g/mol. The molecule has 1 aliphatic heterocycles. The lowest BCUT2D eigenvalue weighted by Crippen LogP contribution is -2.43. The van der Waals surface area contributed by atoms with E-state index >= 15 is 0 Å². The number of aromatic nitrogens is 1.